The van der Waals surface area contributed by atoms with Gasteiger partial charge in [-0.25, -0.2) is 9.13 Å². The zero-order valence-corrected chi connectivity index (χ0v) is 66.2. The summed E-state index contributed by atoms with van der Waals surface area (Å²) in [6.07, 6.45) is 54.4. The van der Waals surface area contributed by atoms with Gasteiger partial charge in [0, 0.05) is 25.7 Å². The maximum Gasteiger partial charge on any atom is 0.472 e. The first-order chi connectivity index (χ1) is 47.1. The van der Waals surface area contributed by atoms with Crippen LogP contribution >= 0.6 is 15.6 Å². The van der Waals surface area contributed by atoms with Crippen molar-refractivity contribution in [2.45, 2.75) is 420 Å². The molecule has 0 radical (unpaired) electrons. The predicted molar refractivity (Wildman–Crippen MR) is 400 cm³/mol. The molecule has 0 aromatic heterocycles. The third-order valence-electron chi connectivity index (χ3n) is 18.7. The Kier molecular flexibility index (Phi) is 66.8. The molecule has 0 amide bonds. The van der Waals surface area contributed by atoms with Gasteiger partial charge in [0.15, 0.2) is 12.2 Å². The van der Waals surface area contributed by atoms with Crippen molar-refractivity contribution in [3.63, 3.8) is 0 Å². The van der Waals surface area contributed by atoms with Crippen molar-refractivity contribution in [1.29, 1.82) is 0 Å². The Morgan fingerprint density at radius 2 is 0.490 bits per heavy atom. The molecule has 0 aliphatic heterocycles. The third kappa shape index (κ3) is 71.1. The van der Waals surface area contributed by atoms with E-state index in [1.54, 1.807) is 0 Å². The highest BCUT2D eigenvalue weighted by atomic mass is 31.2. The normalized spacial score (nSPS) is 14.3. The van der Waals surface area contributed by atoms with E-state index < -0.39 is 97.5 Å². The number of esters is 4. The second kappa shape index (κ2) is 68.2. The molecule has 6 atom stereocenters. The molecule has 0 heterocycles. The minimum atomic E-state index is -4.96. The summed E-state index contributed by atoms with van der Waals surface area (Å²) in [6, 6.07) is 0. The standard InChI is InChI=1S/C79H154O17P2/c1-9-72(8)58-50-42-37-38-44-52-60-77(82)90-66-75(95-78(83)61-53-45-35-29-25-21-17-16-19-23-27-32-40-48-56-70(4)5)68-94-98(87,88)92-64-73(80)63-91-97(85,86)93-67-74(96-79(84)62-54-46-36-30-33-41-49-57-71(6)7)65-89-76(81)59-51-43-34-28-24-20-15-13-11-10-12-14-18-22-26-31-39-47-55-69(2)3/h69-75,80H,9-68H2,1-8H3,(H,85,86)(H,87,88)/t72?,73-,74-,75-/m1/s1. The van der Waals surface area contributed by atoms with Crippen LogP contribution in [0, 0.1) is 23.7 Å². The number of aliphatic hydroxyl groups is 1. The monoisotopic (exact) mass is 1440 g/mol. The first-order valence-electron chi connectivity index (χ1n) is 40.7. The smallest absolute Gasteiger partial charge is 0.462 e. The first kappa shape index (κ1) is 96.1. The van der Waals surface area contributed by atoms with Gasteiger partial charge in [-0.2, -0.15) is 0 Å². The van der Waals surface area contributed by atoms with E-state index in [2.05, 4.69) is 55.4 Å². The van der Waals surface area contributed by atoms with Crippen LogP contribution in [-0.4, -0.2) is 96.7 Å². The van der Waals surface area contributed by atoms with Crippen LogP contribution < -0.4 is 0 Å². The molecule has 98 heavy (non-hydrogen) atoms. The van der Waals surface area contributed by atoms with Crippen LogP contribution in [0.4, 0.5) is 0 Å². The lowest BCUT2D eigenvalue weighted by Crippen LogP contribution is -2.30. The molecule has 0 aromatic rings. The summed E-state index contributed by atoms with van der Waals surface area (Å²) in [4.78, 5) is 72.8. The predicted octanol–water partition coefficient (Wildman–Crippen LogP) is 23.2. The highest BCUT2D eigenvalue weighted by Crippen LogP contribution is 2.45. The van der Waals surface area contributed by atoms with Crippen LogP contribution in [-0.2, 0) is 65.4 Å². The fraction of sp³-hybridized carbons (Fsp3) is 0.949. The molecule has 17 nitrogen and oxygen atoms in total. The molecule has 0 spiro atoms. The molecule has 582 valence electrons. The van der Waals surface area contributed by atoms with Crippen LogP contribution in [0.5, 0.6) is 0 Å². The largest absolute Gasteiger partial charge is 0.472 e. The van der Waals surface area contributed by atoms with E-state index in [4.69, 9.17) is 37.0 Å². The van der Waals surface area contributed by atoms with Crippen LogP contribution in [0.1, 0.15) is 402 Å². The number of phosphoric ester groups is 2. The summed E-state index contributed by atoms with van der Waals surface area (Å²) >= 11 is 0. The Morgan fingerprint density at radius 3 is 0.724 bits per heavy atom. The van der Waals surface area contributed by atoms with Crippen LogP contribution in [0.25, 0.3) is 0 Å². The van der Waals surface area contributed by atoms with Crippen molar-refractivity contribution in [3.05, 3.63) is 0 Å². The van der Waals surface area contributed by atoms with Crippen LogP contribution in [0.2, 0.25) is 0 Å². The molecule has 0 rings (SSSR count). The van der Waals surface area contributed by atoms with E-state index in [-0.39, 0.29) is 25.7 Å². The average molecular weight is 1440 g/mol. The SMILES string of the molecule is CCC(C)CCCCCCCCC(=O)OC[C@H](COP(=O)(O)OC[C@H](O)COP(=O)(O)OC[C@@H](COC(=O)CCCCCCCCCCCCCCCCCCCCC(C)C)OC(=O)CCCCCCCCCC(C)C)OC(=O)CCCCCCCCCCCCCCCCC(C)C. The number of phosphoric acid groups is 2. The number of unbranched alkanes of at least 4 members (excludes halogenated alkanes) is 41. The summed E-state index contributed by atoms with van der Waals surface area (Å²) in [5.41, 5.74) is 0. The molecule has 0 aromatic carbocycles. The summed E-state index contributed by atoms with van der Waals surface area (Å²) in [5, 5.41) is 10.6. The Balaban J connectivity index is 5.14. The fourth-order valence-corrected chi connectivity index (χ4v) is 13.6. The van der Waals surface area contributed by atoms with Crippen molar-refractivity contribution in [2.75, 3.05) is 39.6 Å². The number of carbonyl (C=O) groups excluding carboxylic acids is 4. The third-order valence-corrected chi connectivity index (χ3v) is 20.6. The number of rotatable bonds is 76. The molecule has 0 aliphatic rings. The minimum Gasteiger partial charge on any atom is -0.462 e. The summed E-state index contributed by atoms with van der Waals surface area (Å²) in [6.45, 7) is 14.2. The first-order valence-corrected chi connectivity index (χ1v) is 43.7. The van der Waals surface area contributed by atoms with Gasteiger partial charge in [0.25, 0.3) is 0 Å². The Bertz CT molecular complexity index is 1920. The zero-order chi connectivity index (χ0) is 72.4. The van der Waals surface area contributed by atoms with Gasteiger partial charge in [0.2, 0.25) is 0 Å². The van der Waals surface area contributed by atoms with E-state index in [9.17, 15) is 43.2 Å². The van der Waals surface area contributed by atoms with E-state index in [0.717, 1.165) is 114 Å². The highest BCUT2D eigenvalue weighted by Gasteiger charge is 2.30. The van der Waals surface area contributed by atoms with Crippen molar-refractivity contribution in [1.82, 2.24) is 0 Å². The lowest BCUT2D eigenvalue weighted by atomic mass is 10.00. The fourth-order valence-electron chi connectivity index (χ4n) is 12.0. The van der Waals surface area contributed by atoms with Crippen molar-refractivity contribution in [2.24, 2.45) is 23.7 Å². The topological polar surface area (TPSA) is 237 Å². The molecule has 0 bridgehead atoms. The van der Waals surface area contributed by atoms with Crippen molar-refractivity contribution >= 4 is 39.5 Å². The summed E-state index contributed by atoms with van der Waals surface area (Å²) in [7, 11) is -9.92. The van der Waals surface area contributed by atoms with Gasteiger partial charge in [-0.3, -0.25) is 37.3 Å². The highest BCUT2D eigenvalue weighted by molar-refractivity contribution is 7.47. The van der Waals surface area contributed by atoms with Crippen molar-refractivity contribution < 1.29 is 80.2 Å². The van der Waals surface area contributed by atoms with Gasteiger partial charge < -0.3 is 33.8 Å². The van der Waals surface area contributed by atoms with Gasteiger partial charge in [-0.15, -0.1) is 0 Å². The second-order valence-corrected chi connectivity index (χ2v) is 33.0. The quantitative estimate of drug-likeness (QED) is 0.0222. The maximum absolute atomic E-state index is 13.1. The van der Waals surface area contributed by atoms with E-state index in [1.807, 2.05) is 0 Å². The van der Waals surface area contributed by atoms with Crippen LogP contribution in [0.3, 0.4) is 0 Å². The maximum atomic E-state index is 13.1. The zero-order valence-electron chi connectivity index (χ0n) is 64.4. The molecule has 0 fully saturated rings. The van der Waals surface area contributed by atoms with Gasteiger partial charge in [0.05, 0.1) is 26.4 Å². The Hall–Kier alpha value is -1.94. The van der Waals surface area contributed by atoms with Gasteiger partial charge in [-0.1, -0.05) is 351 Å². The van der Waals surface area contributed by atoms with E-state index >= 15 is 0 Å². The average Bonchev–Trinajstić information content (AvgIpc) is 0.959. The van der Waals surface area contributed by atoms with E-state index in [0.29, 0.717) is 31.6 Å². The van der Waals surface area contributed by atoms with Gasteiger partial charge in [0.1, 0.15) is 19.3 Å². The Labute approximate surface area is 600 Å². The molecular formula is C79H154O17P2. The lowest BCUT2D eigenvalue weighted by molar-refractivity contribution is -0.161. The van der Waals surface area contributed by atoms with E-state index in [1.165, 1.54) is 199 Å². The van der Waals surface area contributed by atoms with Gasteiger partial charge >= 0.3 is 39.5 Å². The molecule has 3 unspecified atom stereocenters. The number of aliphatic hydroxyl groups excluding tert-OH is 1. The summed E-state index contributed by atoms with van der Waals surface area (Å²) < 4.78 is 68.6. The molecule has 3 N–H and O–H groups in total. The molecule has 0 aliphatic carbocycles. The molecule has 0 saturated carbocycles. The molecule has 0 saturated heterocycles. The Morgan fingerprint density at radius 1 is 0.286 bits per heavy atom. The lowest BCUT2D eigenvalue weighted by Gasteiger charge is -2.21. The number of ether oxygens (including phenoxy) is 4. The number of carbonyl (C=O) groups is 4. The molecular weight excluding hydrogens is 1280 g/mol. The second-order valence-electron chi connectivity index (χ2n) is 30.1. The minimum absolute atomic E-state index is 0.104. The van der Waals surface area contributed by atoms with Gasteiger partial charge in [-0.05, 0) is 49.4 Å². The van der Waals surface area contributed by atoms with Crippen molar-refractivity contribution in [3.8, 4) is 0 Å². The van der Waals surface area contributed by atoms with Crippen LogP contribution in [0.15, 0.2) is 0 Å². The number of hydrogen-bond acceptors (Lipinski definition) is 15. The molecule has 19 heteroatoms. The number of hydrogen-bond donors (Lipinski definition) is 3. The summed E-state index contributed by atoms with van der Waals surface area (Å²) in [5.74, 6) is 0.923.